The standard InChI is InChI=1S/C13H16F3N/c14-11-5-3-10(4-6-11)13(15,16)12(9-17)7-1-2-8-12/h3-6H,1-2,7-9,17H2. The highest BCUT2D eigenvalue weighted by molar-refractivity contribution is 5.24. The minimum atomic E-state index is -2.98. The Balaban J connectivity index is 2.37. The lowest BCUT2D eigenvalue weighted by Gasteiger charge is -2.36. The van der Waals surface area contributed by atoms with E-state index in [2.05, 4.69) is 0 Å². The molecule has 0 atom stereocenters. The van der Waals surface area contributed by atoms with Crippen LogP contribution in [0.1, 0.15) is 31.2 Å². The van der Waals surface area contributed by atoms with Crippen LogP contribution in [0.2, 0.25) is 0 Å². The van der Waals surface area contributed by atoms with Gasteiger partial charge in [0.2, 0.25) is 0 Å². The molecule has 0 heterocycles. The molecule has 94 valence electrons. The number of halogens is 3. The van der Waals surface area contributed by atoms with E-state index in [4.69, 9.17) is 5.73 Å². The molecule has 0 unspecified atom stereocenters. The molecule has 0 aromatic heterocycles. The molecule has 17 heavy (non-hydrogen) atoms. The van der Waals surface area contributed by atoms with Crippen LogP contribution in [0.4, 0.5) is 13.2 Å². The molecule has 4 heteroatoms. The molecule has 1 aromatic carbocycles. The van der Waals surface area contributed by atoms with Crippen molar-refractivity contribution in [2.24, 2.45) is 11.1 Å². The van der Waals surface area contributed by atoms with Gasteiger partial charge in [-0.3, -0.25) is 0 Å². The van der Waals surface area contributed by atoms with Crippen molar-refractivity contribution in [1.82, 2.24) is 0 Å². The Kier molecular flexibility index (Phi) is 3.17. The van der Waals surface area contributed by atoms with Crippen molar-refractivity contribution in [2.75, 3.05) is 6.54 Å². The third kappa shape index (κ3) is 1.95. The predicted molar refractivity (Wildman–Crippen MR) is 60.2 cm³/mol. The first-order valence-corrected chi connectivity index (χ1v) is 5.86. The van der Waals surface area contributed by atoms with E-state index in [1.54, 1.807) is 0 Å². The van der Waals surface area contributed by atoms with Gasteiger partial charge in [-0.2, -0.15) is 0 Å². The van der Waals surface area contributed by atoms with E-state index in [1.165, 1.54) is 0 Å². The summed E-state index contributed by atoms with van der Waals surface area (Å²) in [5.74, 6) is -3.48. The Morgan fingerprint density at radius 1 is 1.12 bits per heavy atom. The van der Waals surface area contributed by atoms with E-state index < -0.39 is 17.2 Å². The Bertz CT molecular complexity index is 380. The van der Waals surface area contributed by atoms with Crippen LogP contribution in [-0.4, -0.2) is 6.54 Å². The van der Waals surface area contributed by atoms with E-state index in [-0.39, 0.29) is 12.1 Å². The Morgan fingerprint density at radius 2 is 1.65 bits per heavy atom. The van der Waals surface area contributed by atoms with Crippen LogP contribution in [0.25, 0.3) is 0 Å². The van der Waals surface area contributed by atoms with Crippen molar-refractivity contribution in [3.8, 4) is 0 Å². The van der Waals surface area contributed by atoms with Crippen LogP contribution in [0, 0.1) is 11.2 Å². The first-order valence-electron chi connectivity index (χ1n) is 5.86. The second-order valence-corrected chi connectivity index (χ2v) is 4.77. The van der Waals surface area contributed by atoms with Gasteiger partial charge in [0.25, 0.3) is 5.92 Å². The molecule has 0 amide bonds. The summed E-state index contributed by atoms with van der Waals surface area (Å²) in [7, 11) is 0. The minimum Gasteiger partial charge on any atom is -0.330 e. The molecule has 2 N–H and O–H groups in total. The number of hydrogen-bond donors (Lipinski definition) is 1. The number of nitrogens with two attached hydrogens (primary N) is 1. The maximum Gasteiger partial charge on any atom is 0.279 e. The van der Waals surface area contributed by atoms with Crippen molar-refractivity contribution in [3.63, 3.8) is 0 Å². The molecule has 1 nitrogen and oxygen atoms in total. The van der Waals surface area contributed by atoms with Gasteiger partial charge in [-0.1, -0.05) is 25.0 Å². The molecule has 1 aliphatic carbocycles. The number of alkyl halides is 2. The average molecular weight is 243 g/mol. The van der Waals surface area contributed by atoms with Crippen LogP contribution in [0.5, 0.6) is 0 Å². The molecule has 0 radical (unpaired) electrons. The highest BCUT2D eigenvalue weighted by Crippen LogP contribution is 2.54. The second-order valence-electron chi connectivity index (χ2n) is 4.77. The van der Waals surface area contributed by atoms with Gasteiger partial charge in [0, 0.05) is 12.1 Å². The van der Waals surface area contributed by atoms with E-state index in [9.17, 15) is 13.2 Å². The Hall–Kier alpha value is -1.03. The molecular weight excluding hydrogens is 227 g/mol. The summed E-state index contributed by atoms with van der Waals surface area (Å²) in [5, 5.41) is 0. The van der Waals surface area contributed by atoms with E-state index >= 15 is 0 Å². The molecular formula is C13H16F3N. The maximum absolute atomic E-state index is 14.4. The van der Waals surface area contributed by atoms with Crippen LogP contribution in [0.15, 0.2) is 24.3 Å². The van der Waals surface area contributed by atoms with Crippen molar-refractivity contribution < 1.29 is 13.2 Å². The van der Waals surface area contributed by atoms with Crippen LogP contribution in [-0.2, 0) is 5.92 Å². The largest absolute Gasteiger partial charge is 0.330 e. The van der Waals surface area contributed by atoms with Crippen molar-refractivity contribution in [3.05, 3.63) is 35.6 Å². The molecule has 2 rings (SSSR count). The summed E-state index contributed by atoms with van der Waals surface area (Å²) in [4.78, 5) is 0. The lowest BCUT2D eigenvalue weighted by molar-refractivity contribution is -0.124. The van der Waals surface area contributed by atoms with Gasteiger partial charge >= 0.3 is 0 Å². The summed E-state index contributed by atoms with van der Waals surface area (Å²) in [5.41, 5.74) is 4.29. The summed E-state index contributed by atoms with van der Waals surface area (Å²) in [6.45, 7) is -0.0304. The number of rotatable bonds is 3. The van der Waals surface area contributed by atoms with Gasteiger partial charge in [-0.15, -0.1) is 0 Å². The van der Waals surface area contributed by atoms with Crippen molar-refractivity contribution in [2.45, 2.75) is 31.6 Å². The van der Waals surface area contributed by atoms with E-state index in [0.29, 0.717) is 12.8 Å². The van der Waals surface area contributed by atoms with Gasteiger partial charge in [0.1, 0.15) is 5.82 Å². The fourth-order valence-electron chi connectivity index (χ4n) is 2.66. The first kappa shape index (κ1) is 12.4. The van der Waals surface area contributed by atoms with Gasteiger partial charge < -0.3 is 5.73 Å². The molecule has 0 spiro atoms. The molecule has 0 saturated heterocycles. The molecule has 1 saturated carbocycles. The fourth-order valence-corrected chi connectivity index (χ4v) is 2.66. The summed E-state index contributed by atoms with van der Waals surface area (Å²) in [6.07, 6.45) is 2.45. The van der Waals surface area contributed by atoms with Gasteiger partial charge in [0.05, 0.1) is 5.41 Å². The van der Waals surface area contributed by atoms with Crippen LogP contribution in [0.3, 0.4) is 0 Å². The summed E-state index contributed by atoms with van der Waals surface area (Å²) < 4.78 is 41.7. The lowest BCUT2D eigenvalue weighted by atomic mass is 9.76. The molecule has 1 aromatic rings. The van der Waals surface area contributed by atoms with Gasteiger partial charge in [-0.25, -0.2) is 13.2 Å². The van der Waals surface area contributed by atoms with E-state index in [0.717, 1.165) is 37.1 Å². The van der Waals surface area contributed by atoms with Crippen LogP contribution >= 0.6 is 0 Å². The maximum atomic E-state index is 14.4. The average Bonchev–Trinajstić information content (AvgIpc) is 2.79. The highest BCUT2D eigenvalue weighted by Gasteiger charge is 2.54. The molecule has 1 fully saturated rings. The number of benzene rings is 1. The molecule has 1 aliphatic rings. The Labute approximate surface area is 98.8 Å². The fraction of sp³-hybridized carbons (Fsp3) is 0.538. The normalized spacial score (nSPS) is 19.5. The lowest BCUT2D eigenvalue weighted by Crippen LogP contribution is -2.43. The van der Waals surface area contributed by atoms with Crippen LogP contribution < -0.4 is 5.73 Å². The smallest absolute Gasteiger partial charge is 0.279 e. The number of hydrogen-bond acceptors (Lipinski definition) is 1. The molecule has 0 aliphatic heterocycles. The zero-order chi connectivity index (χ0) is 12.5. The quantitative estimate of drug-likeness (QED) is 0.864. The summed E-state index contributed by atoms with van der Waals surface area (Å²) in [6, 6.07) is 4.46. The zero-order valence-electron chi connectivity index (χ0n) is 9.56. The summed E-state index contributed by atoms with van der Waals surface area (Å²) >= 11 is 0. The van der Waals surface area contributed by atoms with Gasteiger partial charge in [0.15, 0.2) is 0 Å². The van der Waals surface area contributed by atoms with E-state index in [1.807, 2.05) is 0 Å². The predicted octanol–water partition coefficient (Wildman–Crippen LogP) is 3.44. The van der Waals surface area contributed by atoms with Gasteiger partial charge in [-0.05, 0) is 25.0 Å². The SMILES string of the molecule is NCC1(C(F)(F)c2ccc(F)cc2)CCCC1. The van der Waals surface area contributed by atoms with Crippen molar-refractivity contribution >= 4 is 0 Å². The third-order valence-electron chi connectivity index (χ3n) is 3.82. The third-order valence-corrected chi connectivity index (χ3v) is 3.82. The second kappa shape index (κ2) is 4.33. The topological polar surface area (TPSA) is 26.0 Å². The minimum absolute atomic E-state index is 0.0304. The molecule has 0 bridgehead atoms. The first-order chi connectivity index (χ1) is 8.02. The van der Waals surface area contributed by atoms with Crippen molar-refractivity contribution in [1.29, 1.82) is 0 Å². The zero-order valence-corrected chi connectivity index (χ0v) is 9.56. The Morgan fingerprint density at radius 3 is 2.12 bits per heavy atom. The monoisotopic (exact) mass is 243 g/mol. The highest BCUT2D eigenvalue weighted by atomic mass is 19.3.